The molecule has 1 saturated heterocycles. The van der Waals surface area contributed by atoms with E-state index in [2.05, 4.69) is 10.4 Å². The minimum Gasteiger partial charge on any atom is -0.317 e. The van der Waals surface area contributed by atoms with Gasteiger partial charge in [-0.05, 0) is 44.5 Å². The Morgan fingerprint density at radius 3 is 2.59 bits per heavy atom. The molecule has 1 fully saturated rings. The highest BCUT2D eigenvalue weighted by molar-refractivity contribution is 7.22. The standard InChI is InChI=1S/C23H25N5O2S.ClH/c1-2-26-14-16(13-25-26)15-27-19-12-20(17-6-4-3-5-7-17)31-21(19)22(29)28(23(27)30)18-8-10-24-11-9-18;/h3-7,12-14,18,24H,2,8-11,15H2,1H3;1H. The van der Waals surface area contributed by atoms with Gasteiger partial charge in [0.05, 0.1) is 18.3 Å². The summed E-state index contributed by atoms with van der Waals surface area (Å²) < 4.78 is 5.74. The van der Waals surface area contributed by atoms with Crippen LogP contribution in [0.1, 0.15) is 31.4 Å². The molecule has 0 radical (unpaired) electrons. The minimum atomic E-state index is -0.230. The lowest BCUT2D eigenvalue weighted by Gasteiger charge is -2.25. The lowest BCUT2D eigenvalue weighted by Crippen LogP contribution is -2.44. The molecule has 5 rings (SSSR count). The Bertz CT molecular complexity index is 1330. The van der Waals surface area contributed by atoms with Gasteiger partial charge in [0, 0.05) is 29.2 Å². The number of thiophene rings is 1. The van der Waals surface area contributed by atoms with Gasteiger partial charge in [-0.15, -0.1) is 23.7 Å². The Morgan fingerprint density at radius 2 is 1.91 bits per heavy atom. The zero-order valence-corrected chi connectivity index (χ0v) is 19.5. The number of rotatable bonds is 5. The van der Waals surface area contributed by atoms with E-state index in [1.807, 2.05) is 54.2 Å². The molecule has 32 heavy (non-hydrogen) atoms. The van der Waals surface area contributed by atoms with Gasteiger partial charge in [-0.3, -0.25) is 18.6 Å². The van der Waals surface area contributed by atoms with Crippen LogP contribution in [0, 0.1) is 0 Å². The van der Waals surface area contributed by atoms with Crippen LogP contribution in [0.15, 0.2) is 58.4 Å². The monoisotopic (exact) mass is 471 g/mol. The van der Waals surface area contributed by atoms with Crippen LogP contribution in [-0.2, 0) is 13.1 Å². The minimum absolute atomic E-state index is 0. The highest BCUT2D eigenvalue weighted by atomic mass is 35.5. The molecule has 0 saturated carbocycles. The maximum atomic E-state index is 13.6. The molecule has 0 spiro atoms. The summed E-state index contributed by atoms with van der Waals surface area (Å²) in [4.78, 5) is 28.1. The van der Waals surface area contributed by atoms with E-state index >= 15 is 0 Å². The van der Waals surface area contributed by atoms with Gasteiger partial charge in [-0.25, -0.2) is 4.79 Å². The molecule has 1 aliphatic rings. The molecule has 1 aliphatic heterocycles. The molecular formula is C23H26ClN5O2S. The number of halogens is 1. The summed E-state index contributed by atoms with van der Waals surface area (Å²) in [5.74, 6) is 0. The molecular weight excluding hydrogens is 446 g/mol. The maximum absolute atomic E-state index is 13.6. The molecule has 4 heterocycles. The molecule has 168 valence electrons. The molecule has 1 N–H and O–H groups in total. The fourth-order valence-electron chi connectivity index (χ4n) is 4.29. The second-order valence-corrected chi connectivity index (χ2v) is 8.97. The van der Waals surface area contributed by atoms with Gasteiger partial charge in [-0.1, -0.05) is 30.3 Å². The first-order valence-corrected chi connectivity index (χ1v) is 11.5. The predicted molar refractivity (Wildman–Crippen MR) is 131 cm³/mol. The van der Waals surface area contributed by atoms with Crippen LogP contribution >= 0.6 is 23.7 Å². The van der Waals surface area contributed by atoms with Crippen LogP contribution in [0.3, 0.4) is 0 Å². The van der Waals surface area contributed by atoms with Crippen molar-refractivity contribution in [2.24, 2.45) is 0 Å². The largest absolute Gasteiger partial charge is 0.332 e. The van der Waals surface area contributed by atoms with Crippen LogP contribution in [0.4, 0.5) is 0 Å². The van der Waals surface area contributed by atoms with E-state index in [4.69, 9.17) is 0 Å². The number of aromatic nitrogens is 4. The van der Waals surface area contributed by atoms with Gasteiger partial charge in [0.25, 0.3) is 5.56 Å². The van der Waals surface area contributed by atoms with Gasteiger partial charge in [0.15, 0.2) is 0 Å². The lowest BCUT2D eigenvalue weighted by molar-refractivity contribution is 0.346. The van der Waals surface area contributed by atoms with Gasteiger partial charge >= 0.3 is 5.69 Å². The van der Waals surface area contributed by atoms with Crippen LogP contribution in [0.25, 0.3) is 20.7 Å². The second-order valence-electron chi connectivity index (χ2n) is 7.92. The molecule has 0 unspecified atom stereocenters. The first-order chi connectivity index (χ1) is 15.2. The number of hydrogen-bond acceptors (Lipinski definition) is 5. The van der Waals surface area contributed by atoms with Crippen molar-refractivity contribution < 1.29 is 0 Å². The van der Waals surface area contributed by atoms with E-state index in [-0.39, 0.29) is 29.7 Å². The first kappa shape index (κ1) is 22.5. The topological polar surface area (TPSA) is 73.8 Å². The Balaban J connectivity index is 0.00000245. The molecule has 7 nitrogen and oxygen atoms in total. The smallest absolute Gasteiger partial charge is 0.317 e. The van der Waals surface area contributed by atoms with Gasteiger partial charge < -0.3 is 5.32 Å². The van der Waals surface area contributed by atoms with Crippen molar-refractivity contribution in [2.45, 2.75) is 38.9 Å². The maximum Gasteiger partial charge on any atom is 0.332 e. The Morgan fingerprint density at radius 1 is 1.16 bits per heavy atom. The number of piperidine rings is 1. The average Bonchev–Trinajstić information content (AvgIpc) is 3.45. The van der Waals surface area contributed by atoms with Crippen molar-refractivity contribution in [3.8, 4) is 10.4 Å². The molecule has 9 heteroatoms. The van der Waals surface area contributed by atoms with Crippen molar-refractivity contribution in [1.29, 1.82) is 0 Å². The van der Waals surface area contributed by atoms with Crippen molar-refractivity contribution in [2.75, 3.05) is 13.1 Å². The highest BCUT2D eigenvalue weighted by Crippen LogP contribution is 2.32. The number of nitrogens with one attached hydrogen (secondary N) is 1. The van der Waals surface area contributed by atoms with Gasteiger partial charge in [0.1, 0.15) is 4.70 Å². The molecule has 0 amide bonds. The lowest BCUT2D eigenvalue weighted by atomic mass is 10.1. The van der Waals surface area contributed by atoms with E-state index in [1.165, 1.54) is 15.9 Å². The van der Waals surface area contributed by atoms with E-state index < -0.39 is 0 Å². The molecule has 0 atom stereocenters. The summed E-state index contributed by atoms with van der Waals surface area (Å²) in [5, 5.41) is 7.67. The van der Waals surface area contributed by atoms with Crippen molar-refractivity contribution in [3.05, 3.63) is 75.2 Å². The quantitative estimate of drug-likeness (QED) is 0.483. The average molecular weight is 472 g/mol. The summed E-state index contributed by atoms with van der Waals surface area (Å²) in [6, 6.07) is 11.9. The summed E-state index contributed by atoms with van der Waals surface area (Å²) >= 11 is 1.47. The fraction of sp³-hybridized carbons (Fsp3) is 0.348. The van der Waals surface area contributed by atoms with Gasteiger partial charge in [0.2, 0.25) is 0 Å². The highest BCUT2D eigenvalue weighted by Gasteiger charge is 2.24. The van der Waals surface area contributed by atoms with E-state index in [9.17, 15) is 9.59 Å². The molecule has 3 aromatic heterocycles. The summed E-state index contributed by atoms with van der Waals surface area (Å²) in [6.45, 7) is 4.83. The third-order valence-corrected chi connectivity index (χ3v) is 7.10. The van der Waals surface area contributed by atoms with Crippen molar-refractivity contribution >= 4 is 34.0 Å². The predicted octanol–water partition coefficient (Wildman–Crippen LogP) is 3.50. The van der Waals surface area contributed by atoms with E-state index in [0.29, 0.717) is 16.8 Å². The third-order valence-electron chi connectivity index (χ3n) is 5.94. The molecule has 4 aromatic rings. The fourth-order valence-corrected chi connectivity index (χ4v) is 5.40. The normalized spacial score (nSPS) is 14.5. The summed E-state index contributed by atoms with van der Waals surface area (Å²) in [7, 11) is 0. The van der Waals surface area contributed by atoms with Crippen molar-refractivity contribution in [1.82, 2.24) is 24.2 Å². The molecule has 1 aromatic carbocycles. The van der Waals surface area contributed by atoms with E-state index in [1.54, 1.807) is 10.8 Å². The number of benzene rings is 1. The second kappa shape index (κ2) is 9.44. The Kier molecular flexibility index (Phi) is 6.64. The number of nitrogens with zero attached hydrogens (tertiary/aromatic N) is 4. The summed E-state index contributed by atoms with van der Waals surface area (Å²) in [6.07, 6.45) is 5.33. The first-order valence-electron chi connectivity index (χ1n) is 10.7. The number of hydrogen-bond donors (Lipinski definition) is 1. The van der Waals surface area contributed by atoms with Crippen LogP contribution < -0.4 is 16.6 Å². The zero-order chi connectivity index (χ0) is 21.4. The SMILES string of the molecule is CCn1cc(Cn2c(=O)n(C3CCNCC3)c(=O)c3sc(-c4ccccc4)cc32)cn1.Cl. The van der Waals surface area contributed by atoms with Crippen LogP contribution in [0.5, 0.6) is 0 Å². The van der Waals surface area contributed by atoms with E-state index in [0.717, 1.165) is 48.5 Å². The van der Waals surface area contributed by atoms with Gasteiger partial charge in [-0.2, -0.15) is 5.10 Å². The Labute approximate surface area is 195 Å². The molecule has 0 bridgehead atoms. The number of aryl methyl sites for hydroxylation is 1. The van der Waals surface area contributed by atoms with Crippen LogP contribution in [0.2, 0.25) is 0 Å². The molecule has 0 aliphatic carbocycles. The Hall–Kier alpha value is -2.68. The van der Waals surface area contributed by atoms with Crippen LogP contribution in [-0.4, -0.2) is 32.0 Å². The number of fused-ring (bicyclic) bond motifs is 1. The van der Waals surface area contributed by atoms with Crippen molar-refractivity contribution in [3.63, 3.8) is 0 Å². The summed E-state index contributed by atoms with van der Waals surface area (Å²) in [5.41, 5.74) is 2.31. The zero-order valence-electron chi connectivity index (χ0n) is 17.9. The third kappa shape index (κ3) is 4.05.